The molecule has 1 aliphatic rings. The first-order valence-corrected chi connectivity index (χ1v) is 9.02. The lowest BCUT2D eigenvalue weighted by Crippen LogP contribution is -2.48. The van der Waals surface area contributed by atoms with Gasteiger partial charge in [-0.1, -0.05) is 35.0 Å². The zero-order chi connectivity index (χ0) is 18.8. The Morgan fingerprint density at radius 3 is 2.56 bits per heavy atom. The Bertz CT molecular complexity index is 922. The van der Waals surface area contributed by atoms with Crippen molar-refractivity contribution >= 4 is 5.91 Å². The summed E-state index contributed by atoms with van der Waals surface area (Å²) in [5, 5.41) is 11.0. The first-order chi connectivity index (χ1) is 13.1. The van der Waals surface area contributed by atoms with E-state index in [9.17, 15) is 4.79 Å². The fourth-order valence-corrected chi connectivity index (χ4v) is 3.18. The molecule has 8 heteroatoms. The number of nitrogens with zero attached hydrogens (tertiary/aromatic N) is 5. The van der Waals surface area contributed by atoms with Crippen LogP contribution in [0.1, 0.15) is 27.8 Å². The molecule has 3 heterocycles. The topological polar surface area (TPSA) is 91.2 Å². The SMILES string of the molecule is Cc1ccc(-c2cc(C(=O)N3CCN(Cc4nc(C)no4)CC3)[nH]n2)cc1. The van der Waals surface area contributed by atoms with E-state index in [1.165, 1.54) is 5.56 Å². The highest BCUT2D eigenvalue weighted by molar-refractivity contribution is 5.93. The molecule has 1 saturated heterocycles. The molecule has 27 heavy (non-hydrogen) atoms. The normalized spacial score (nSPS) is 15.3. The first-order valence-electron chi connectivity index (χ1n) is 9.02. The van der Waals surface area contributed by atoms with Crippen LogP contribution in [0.5, 0.6) is 0 Å². The molecule has 4 rings (SSSR count). The van der Waals surface area contributed by atoms with Crippen LogP contribution in [0.2, 0.25) is 0 Å². The Balaban J connectivity index is 1.36. The van der Waals surface area contributed by atoms with Crippen LogP contribution < -0.4 is 0 Å². The summed E-state index contributed by atoms with van der Waals surface area (Å²) in [6.45, 7) is 7.32. The van der Waals surface area contributed by atoms with Crippen LogP contribution in [0.15, 0.2) is 34.9 Å². The Hall–Kier alpha value is -3.00. The number of aromatic amines is 1. The van der Waals surface area contributed by atoms with Crippen molar-refractivity contribution in [2.24, 2.45) is 0 Å². The third kappa shape index (κ3) is 3.90. The largest absolute Gasteiger partial charge is 0.338 e. The molecule has 1 fully saturated rings. The zero-order valence-corrected chi connectivity index (χ0v) is 15.5. The molecule has 140 valence electrons. The van der Waals surface area contributed by atoms with Gasteiger partial charge < -0.3 is 9.42 Å². The third-order valence-corrected chi connectivity index (χ3v) is 4.74. The maximum Gasteiger partial charge on any atom is 0.271 e. The summed E-state index contributed by atoms with van der Waals surface area (Å²) in [5.74, 6) is 1.24. The number of aromatic nitrogens is 4. The van der Waals surface area contributed by atoms with Crippen LogP contribution >= 0.6 is 0 Å². The van der Waals surface area contributed by atoms with Gasteiger partial charge in [-0.15, -0.1) is 0 Å². The Morgan fingerprint density at radius 1 is 1.15 bits per heavy atom. The Labute approximate surface area is 157 Å². The molecular weight excluding hydrogens is 344 g/mol. The van der Waals surface area contributed by atoms with E-state index in [2.05, 4.69) is 25.2 Å². The summed E-state index contributed by atoms with van der Waals surface area (Å²) in [6, 6.07) is 9.92. The molecule has 0 bridgehead atoms. The molecule has 0 spiro atoms. The molecule has 8 nitrogen and oxygen atoms in total. The molecule has 2 aromatic heterocycles. The number of amides is 1. The molecule has 1 N–H and O–H groups in total. The summed E-state index contributed by atoms with van der Waals surface area (Å²) >= 11 is 0. The number of H-pyrrole nitrogens is 1. The summed E-state index contributed by atoms with van der Waals surface area (Å²) in [4.78, 5) is 21.1. The third-order valence-electron chi connectivity index (χ3n) is 4.74. The Kier molecular flexibility index (Phi) is 4.72. The van der Waals surface area contributed by atoms with E-state index in [0.717, 1.165) is 24.3 Å². The minimum absolute atomic E-state index is 0.0193. The number of carbonyl (C=O) groups excluding carboxylic acids is 1. The van der Waals surface area contributed by atoms with Crippen LogP contribution in [-0.2, 0) is 6.54 Å². The molecule has 3 aromatic rings. The fraction of sp³-hybridized carbons (Fsp3) is 0.368. The van der Waals surface area contributed by atoms with Crippen LogP contribution in [-0.4, -0.2) is 62.2 Å². The summed E-state index contributed by atoms with van der Waals surface area (Å²) < 4.78 is 5.17. The van der Waals surface area contributed by atoms with E-state index in [1.54, 1.807) is 6.92 Å². The van der Waals surface area contributed by atoms with Gasteiger partial charge in [-0.25, -0.2) is 0 Å². The highest BCUT2D eigenvalue weighted by Crippen LogP contribution is 2.19. The van der Waals surface area contributed by atoms with E-state index in [-0.39, 0.29) is 5.91 Å². The highest BCUT2D eigenvalue weighted by atomic mass is 16.5. The highest BCUT2D eigenvalue weighted by Gasteiger charge is 2.24. The minimum Gasteiger partial charge on any atom is -0.338 e. The van der Waals surface area contributed by atoms with Gasteiger partial charge in [0.2, 0.25) is 5.89 Å². The van der Waals surface area contributed by atoms with Crippen molar-refractivity contribution in [2.75, 3.05) is 26.2 Å². The minimum atomic E-state index is -0.0193. The van der Waals surface area contributed by atoms with Gasteiger partial charge in [0.05, 0.1) is 12.2 Å². The maximum atomic E-state index is 12.8. The second-order valence-corrected chi connectivity index (χ2v) is 6.84. The standard InChI is InChI=1S/C19H22N6O2/c1-13-3-5-15(6-4-13)16-11-17(22-21-16)19(26)25-9-7-24(8-10-25)12-18-20-14(2)23-27-18/h3-6,11H,7-10,12H2,1-2H3,(H,21,22). The van der Waals surface area contributed by atoms with E-state index in [0.29, 0.717) is 37.0 Å². The van der Waals surface area contributed by atoms with Crippen LogP contribution in [0.4, 0.5) is 0 Å². The van der Waals surface area contributed by atoms with Crippen molar-refractivity contribution in [3.8, 4) is 11.3 Å². The van der Waals surface area contributed by atoms with Crippen LogP contribution in [0, 0.1) is 13.8 Å². The van der Waals surface area contributed by atoms with Crippen LogP contribution in [0.3, 0.4) is 0 Å². The number of hydrogen-bond acceptors (Lipinski definition) is 6. The van der Waals surface area contributed by atoms with E-state index >= 15 is 0 Å². The lowest BCUT2D eigenvalue weighted by Gasteiger charge is -2.33. The number of aryl methyl sites for hydroxylation is 2. The molecule has 0 saturated carbocycles. The van der Waals surface area contributed by atoms with Crippen molar-refractivity contribution in [3.63, 3.8) is 0 Å². The van der Waals surface area contributed by atoms with Crippen molar-refractivity contribution in [1.82, 2.24) is 30.1 Å². The maximum absolute atomic E-state index is 12.8. The molecule has 1 aliphatic heterocycles. The number of rotatable bonds is 4. The number of benzene rings is 1. The van der Waals surface area contributed by atoms with Crippen molar-refractivity contribution < 1.29 is 9.32 Å². The first kappa shape index (κ1) is 17.4. The Morgan fingerprint density at radius 2 is 1.89 bits per heavy atom. The average Bonchev–Trinajstić information content (AvgIpc) is 3.32. The van der Waals surface area contributed by atoms with Gasteiger partial charge in [0.25, 0.3) is 5.91 Å². The van der Waals surface area contributed by atoms with Gasteiger partial charge in [0.15, 0.2) is 5.82 Å². The van der Waals surface area contributed by atoms with E-state index < -0.39 is 0 Å². The number of nitrogens with one attached hydrogen (secondary N) is 1. The molecule has 0 atom stereocenters. The van der Waals surface area contributed by atoms with Gasteiger partial charge in [-0.3, -0.25) is 14.8 Å². The quantitative estimate of drug-likeness (QED) is 0.760. The van der Waals surface area contributed by atoms with Gasteiger partial charge in [0.1, 0.15) is 5.69 Å². The predicted molar refractivity (Wildman–Crippen MR) is 99.0 cm³/mol. The van der Waals surface area contributed by atoms with Crippen molar-refractivity contribution in [1.29, 1.82) is 0 Å². The van der Waals surface area contributed by atoms with Gasteiger partial charge in [0, 0.05) is 31.7 Å². The van der Waals surface area contributed by atoms with Gasteiger partial charge in [-0.05, 0) is 19.9 Å². The fourth-order valence-electron chi connectivity index (χ4n) is 3.18. The smallest absolute Gasteiger partial charge is 0.271 e. The number of piperazine rings is 1. The predicted octanol–water partition coefficient (Wildman–Crippen LogP) is 2.03. The summed E-state index contributed by atoms with van der Waals surface area (Å²) in [6.07, 6.45) is 0. The molecule has 1 amide bonds. The van der Waals surface area contributed by atoms with Crippen molar-refractivity contribution in [3.05, 3.63) is 53.3 Å². The number of carbonyl (C=O) groups is 1. The summed E-state index contributed by atoms with van der Waals surface area (Å²) in [7, 11) is 0. The van der Waals surface area contributed by atoms with E-state index in [4.69, 9.17) is 4.52 Å². The van der Waals surface area contributed by atoms with Crippen LogP contribution in [0.25, 0.3) is 11.3 Å². The lowest BCUT2D eigenvalue weighted by atomic mass is 10.1. The molecular formula is C19H22N6O2. The summed E-state index contributed by atoms with van der Waals surface area (Å²) in [5.41, 5.74) is 3.49. The average molecular weight is 366 g/mol. The lowest BCUT2D eigenvalue weighted by molar-refractivity contribution is 0.0609. The molecule has 0 unspecified atom stereocenters. The number of hydrogen-bond donors (Lipinski definition) is 1. The second kappa shape index (κ2) is 7.32. The molecule has 1 aromatic carbocycles. The molecule has 0 aliphatic carbocycles. The van der Waals surface area contributed by atoms with Gasteiger partial charge >= 0.3 is 0 Å². The van der Waals surface area contributed by atoms with Crippen molar-refractivity contribution in [2.45, 2.75) is 20.4 Å². The zero-order valence-electron chi connectivity index (χ0n) is 15.5. The second-order valence-electron chi connectivity index (χ2n) is 6.84. The van der Waals surface area contributed by atoms with E-state index in [1.807, 2.05) is 42.2 Å². The molecule has 0 radical (unpaired) electrons. The monoisotopic (exact) mass is 366 g/mol. The van der Waals surface area contributed by atoms with Gasteiger partial charge in [-0.2, -0.15) is 10.1 Å².